The van der Waals surface area contributed by atoms with Gasteiger partial charge in [-0.15, -0.1) is 0 Å². The first-order valence-electron chi connectivity index (χ1n) is 7.64. The number of hydrogen-bond acceptors (Lipinski definition) is 4. The molecule has 1 aliphatic rings. The Bertz CT molecular complexity index is 634. The summed E-state index contributed by atoms with van der Waals surface area (Å²) in [5.74, 6) is 0.773. The topological polar surface area (TPSA) is 61.3 Å². The van der Waals surface area contributed by atoms with Crippen LogP contribution < -0.4 is 5.73 Å². The average Bonchev–Trinajstić information content (AvgIpc) is 2.90. The summed E-state index contributed by atoms with van der Waals surface area (Å²) in [5.41, 5.74) is 9.02. The largest absolute Gasteiger partial charge is 0.440 e. The molecule has 1 aromatic carbocycles. The summed E-state index contributed by atoms with van der Waals surface area (Å²) >= 11 is 0. The lowest BCUT2D eigenvalue weighted by atomic mass is 9.80. The second kappa shape index (κ2) is 5.11. The maximum atomic E-state index is 6.04. The zero-order valence-corrected chi connectivity index (χ0v) is 13.1. The molecule has 0 radical (unpaired) electrons. The smallest absolute Gasteiger partial charge is 0.203 e. The van der Waals surface area contributed by atoms with Crippen LogP contribution in [-0.2, 0) is 15.6 Å². The summed E-state index contributed by atoms with van der Waals surface area (Å²) in [7, 11) is 0. The van der Waals surface area contributed by atoms with E-state index in [4.69, 9.17) is 19.9 Å². The van der Waals surface area contributed by atoms with Gasteiger partial charge in [0, 0.05) is 19.8 Å². The van der Waals surface area contributed by atoms with E-state index in [2.05, 4.69) is 32.9 Å². The third-order valence-electron chi connectivity index (χ3n) is 4.55. The van der Waals surface area contributed by atoms with Crippen molar-refractivity contribution in [1.29, 1.82) is 0 Å². The number of hydrogen-bond donors (Lipinski definition) is 1. The van der Waals surface area contributed by atoms with Crippen molar-refractivity contribution < 1.29 is 9.15 Å². The molecule has 2 heterocycles. The Morgan fingerprint density at radius 2 is 1.95 bits per heavy atom. The number of fused-ring (bicyclic) bond motifs is 1. The minimum Gasteiger partial charge on any atom is -0.440 e. The van der Waals surface area contributed by atoms with E-state index in [1.165, 1.54) is 5.56 Å². The van der Waals surface area contributed by atoms with E-state index < -0.39 is 0 Å². The molecule has 0 aliphatic carbocycles. The molecule has 114 valence electrons. The van der Waals surface area contributed by atoms with Crippen LogP contribution >= 0.6 is 0 Å². The van der Waals surface area contributed by atoms with Crippen molar-refractivity contribution in [3.63, 3.8) is 0 Å². The monoisotopic (exact) mass is 288 g/mol. The standard InChI is InChI=1S/C17H24N2O2/c1-16(2,3)12-4-5-14-13(10-12)19-15(21-14)17(11-18)6-8-20-9-7-17/h4-5,10H,6-9,11,18H2,1-3H3. The van der Waals surface area contributed by atoms with Gasteiger partial charge in [0.15, 0.2) is 5.58 Å². The molecular weight excluding hydrogens is 264 g/mol. The number of aromatic nitrogens is 1. The molecule has 2 N–H and O–H groups in total. The van der Waals surface area contributed by atoms with E-state index in [1.807, 2.05) is 6.07 Å². The molecule has 0 bridgehead atoms. The van der Waals surface area contributed by atoms with E-state index >= 15 is 0 Å². The molecule has 0 saturated carbocycles. The van der Waals surface area contributed by atoms with Crippen molar-refractivity contribution >= 4 is 11.1 Å². The minimum atomic E-state index is -0.167. The average molecular weight is 288 g/mol. The van der Waals surface area contributed by atoms with E-state index in [0.29, 0.717) is 6.54 Å². The van der Waals surface area contributed by atoms with Crippen molar-refractivity contribution in [2.75, 3.05) is 19.8 Å². The van der Waals surface area contributed by atoms with Gasteiger partial charge in [-0.05, 0) is 36.0 Å². The van der Waals surface area contributed by atoms with Crippen LogP contribution in [0.15, 0.2) is 22.6 Å². The fraction of sp³-hybridized carbons (Fsp3) is 0.588. The van der Waals surface area contributed by atoms with Gasteiger partial charge in [0.25, 0.3) is 0 Å². The predicted octanol–water partition coefficient (Wildman–Crippen LogP) is 3.13. The van der Waals surface area contributed by atoms with Crippen LogP contribution in [0, 0.1) is 0 Å². The minimum absolute atomic E-state index is 0.109. The first-order valence-corrected chi connectivity index (χ1v) is 7.64. The molecule has 1 aliphatic heterocycles. The molecule has 1 fully saturated rings. The van der Waals surface area contributed by atoms with Gasteiger partial charge >= 0.3 is 0 Å². The predicted molar refractivity (Wildman–Crippen MR) is 83.5 cm³/mol. The molecule has 0 spiro atoms. The summed E-state index contributed by atoms with van der Waals surface area (Å²) in [5, 5.41) is 0. The highest BCUT2D eigenvalue weighted by molar-refractivity contribution is 5.74. The molecule has 0 atom stereocenters. The first kappa shape index (κ1) is 14.5. The number of nitrogens with zero attached hydrogens (tertiary/aromatic N) is 1. The van der Waals surface area contributed by atoms with E-state index in [0.717, 1.165) is 43.0 Å². The summed E-state index contributed by atoms with van der Waals surface area (Å²) in [6.07, 6.45) is 1.75. The molecule has 0 unspecified atom stereocenters. The fourth-order valence-electron chi connectivity index (χ4n) is 2.89. The molecule has 3 rings (SSSR count). The second-order valence-electron chi connectivity index (χ2n) is 7.05. The highest BCUT2D eigenvalue weighted by Gasteiger charge is 2.38. The summed E-state index contributed by atoms with van der Waals surface area (Å²) < 4.78 is 11.5. The molecule has 4 nitrogen and oxygen atoms in total. The molecule has 0 amide bonds. The van der Waals surface area contributed by atoms with Gasteiger partial charge in [-0.3, -0.25) is 0 Å². The van der Waals surface area contributed by atoms with Gasteiger partial charge in [-0.25, -0.2) is 4.98 Å². The number of benzene rings is 1. The Balaban J connectivity index is 2.04. The number of ether oxygens (including phenoxy) is 1. The lowest BCUT2D eigenvalue weighted by molar-refractivity contribution is 0.0438. The Labute approximate surface area is 125 Å². The van der Waals surface area contributed by atoms with Crippen molar-refractivity contribution in [3.05, 3.63) is 29.7 Å². The van der Waals surface area contributed by atoms with Gasteiger partial charge in [0.2, 0.25) is 5.89 Å². The molecule has 21 heavy (non-hydrogen) atoms. The zero-order chi connectivity index (χ0) is 15.1. The fourth-order valence-corrected chi connectivity index (χ4v) is 2.89. The normalized spacial score (nSPS) is 19.0. The van der Waals surface area contributed by atoms with E-state index in [9.17, 15) is 0 Å². The number of nitrogens with two attached hydrogens (primary N) is 1. The number of rotatable bonds is 2. The third-order valence-corrected chi connectivity index (χ3v) is 4.55. The van der Waals surface area contributed by atoms with Crippen LogP contribution in [0.2, 0.25) is 0 Å². The van der Waals surface area contributed by atoms with Crippen molar-refractivity contribution in [2.24, 2.45) is 5.73 Å². The maximum Gasteiger partial charge on any atom is 0.203 e. The van der Waals surface area contributed by atoms with Gasteiger partial charge in [-0.2, -0.15) is 0 Å². The van der Waals surface area contributed by atoms with Gasteiger partial charge in [-0.1, -0.05) is 26.8 Å². The zero-order valence-electron chi connectivity index (χ0n) is 13.1. The maximum absolute atomic E-state index is 6.04. The summed E-state index contributed by atoms with van der Waals surface area (Å²) in [6, 6.07) is 6.28. The van der Waals surface area contributed by atoms with Crippen LogP contribution in [0.3, 0.4) is 0 Å². The highest BCUT2D eigenvalue weighted by Crippen LogP contribution is 2.36. The lowest BCUT2D eigenvalue weighted by Gasteiger charge is -2.32. The molecule has 4 heteroatoms. The molecule has 1 saturated heterocycles. The highest BCUT2D eigenvalue weighted by atomic mass is 16.5. The van der Waals surface area contributed by atoms with Crippen molar-refractivity contribution in [2.45, 2.75) is 44.4 Å². The van der Waals surface area contributed by atoms with E-state index in [-0.39, 0.29) is 10.8 Å². The van der Waals surface area contributed by atoms with Crippen molar-refractivity contribution in [1.82, 2.24) is 4.98 Å². The van der Waals surface area contributed by atoms with E-state index in [1.54, 1.807) is 0 Å². The Kier molecular flexibility index (Phi) is 3.54. The lowest BCUT2D eigenvalue weighted by Crippen LogP contribution is -2.40. The van der Waals surface area contributed by atoms with Crippen LogP contribution in [0.5, 0.6) is 0 Å². The Hall–Kier alpha value is -1.39. The van der Waals surface area contributed by atoms with Crippen molar-refractivity contribution in [3.8, 4) is 0 Å². The van der Waals surface area contributed by atoms with Crippen LogP contribution in [0.1, 0.15) is 45.1 Å². The Morgan fingerprint density at radius 3 is 2.57 bits per heavy atom. The molecule has 1 aromatic heterocycles. The quantitative estimate of drug-likeness (QED) is 0.922. The third kappa shape index (κ3) is 2.58. The SMILES string of the molecule is CC(C)(C)c1ccc2oc(C3(CN)CCOCC3)nc2c1. The second-order valence-corrected chi connectivity index (χ2v) is 7.05. The molecule has 2 aromatic rings. The van der Waals surface area contributed by atoms with Gasteiger partial charge in [0.05, 0.1) is 5.41 Å². The van der Waals surface area contributed by atoms with Gasteiger partial charge in [0.1, 0.15) is 5.52 Å². The first-order chi connectivity index (χ1) is 9.94. The van der Waals surface area contributed by atoms with Crippen LogP contribution in [0.25, 0.3) is 11.1 Å². The van der Waals surface area contributed by atoms with Gasteiger partial charge < -0.3 is 14.9 Å². The summed E-state index contributed by atoms with van der Waals surface area (Å²) in [6.45, 7) is 8.61. The molecular formula is C17H24N2O2. The number of oxazole rings is 1. The van der Waals surface area contributed by atoms with Crippen LogP contribution in [0.4, 0.5) is 0 Å². The Morgan fingerprint density at radius 1 is 1.24 bits per heavy atom. The van der Waals surface area contributed by atoms with Crippen LogP contribution in [-0.4, -0.2) is 24.7 Å². The summed E-state index contributed by atoms with van der Waals surface area (Å²) in [4.78, 5) is 4.75.